The van der Waals surface area contributed by atoms with Crippen molar-refractivity contribution in [2.24, 2.45) is 0 Å². The SMILES string of the molecule is C=Cc1ccnc(C)c1.I. The number of hydrogen-bond acceptors (Lipinski definition) is 1. The third-order valence-corrected chi connectivity index (χ3v) is 1.16. The van der Waals surface area contributed by atoms with Gasteiger partial charge in [0.15, 0.2) is 0 Å². The van der Waals surface area contributed by atoms with Crippen molar-refractivity contribution >= 4 is 30.1 Å². The highest BCUT2D eigenvalue weighted by atomic mass is 127. The quantitative estimate of drug-likeness (QED) is 0.695. The van der Waals surface area contributed by atoms with Gasteiger partial charge in [0.1, 0.15) is 0 Å². The molecule has 0 aliphatic rings. The van der Waals surface area contributed by atoms with E-state index < -0.39 is 0 Å². The van der Waals surface area contributed by atoms with Gasteiger partial charge in [-0.2, -0.15) is 0 Å². The summed E-state index contributed by atoms with van der Waals surface area (Å²) in [7, 11) is 0. The van der Waals surface area contributed by atoms with E-state index in [9.17, 15) is 0 Å². The molecule has 54 valence electrons. The molecule has 10 heavy (non-hydrogen) atoms. The van der Waals surface area contributed by atoms with Crippen LogP contribution >= 0.6 is 24.0 Å². The minimum atomic E-state index is 0. The van der Waals surface area contributed by atoms with Gasteiger partial charge >= 0.3 is 0 Å². The van der Waals surface area contributed by atoms with Gasteiger partial charge in [0, 0.05) is 11.9 Å². The first-order valence-corrected chi connectivity index (χ1v) is 2.88. The van der Waals surface area contributed by atoms with Crippen molar-refractivity contribution < 1.29 is 0 Å². The third kappa shape index (κ3) is 2.47. The second-order valence-electron chi connectivity index (χ2n) is 1.93. The number of hydrogen-bond donors (Lipinski definition) is 0. The Morgan fingerprint density at radius 3 is 2.70 bits per heavy atom. The van der Waals surface area contributed by atoms with E-state index >= 15 is 0 Å². The van der Waals surface area contributed by atoms with Crippen molar-refractivity contribution in [3.8, 4) is 0 Å². The average Bonchev–Trinajstić information content (AvgIpc) is 1.88. The van der Waals surface area contributed by atoms with E-state index in [1.165, 1.54) is 0 Å². The van der Waals surface area contributed by atoms with Gasteiger partial charge in [0.25, 0.3) is 0 Å². The standard InChI is InChI=1S/C8H9N.HI/c1-3-8-4-5-9-7(2)6-8;/h3-6H,1H2,2H3;1H. The topological polar surface area (TPSA) is 12.9 Å². The minimum Gasteiger partial charge on any atom is -0.262 e. The molecule has 1 heterocycles. The maximum atomic E-state index is 4.04. The molecule has 0 saturated carbocycles. The number of rotatable bonds is 1. The fraction of sp³-hybridized carbons (Fsp3) is 0.125. The molecule has 2 heteroatoms. The van der Waals surface area contributed by atoms with Crippen LogP contribution in [-0.2, 0) is 0 Å². The first-order valence-electron chi connectivity index (χ1n) is 2.88. The maximum Gasteiger partial charge on any atom is 0.0378 e. The van der Waals surface area contributed by atoms with E-state index in [1.54, 1.807) is 6.20 Å². The highest BCUT2D eigenvalue weighted by Gasteiger charge is 1.84. The number of halogens is 1. The zero-order valence-electron chi connectivity index (χ0n) is 5.87. The molecule has 0 unspecified atom stereocenters. The van der Waals surface area contributed by atoms with Crippen LogP contribution in [0, 0.1) is 6.92 Å². The molecular weight excluding hydrogens is 237 g/mol. The fourth-order valence-electron chi connectivity index (χ4n) is 0.694. The summed E-state index contributed by atoms with van der Waals surface area (Å²) in [6, 6.07) is 3.92. The van der Waals surface area contributed by atoms with Gasteiger partial charge in [0.05, 0.1) is 0 Å². The van der Waals surface area contributed by atoms with E-state index in [-0.39, 0.29) is 24.0 Å². The highest BCUT2D eigenvalue weighted by Crippen LogP contribution is 2.00. The molecular formula is C8H10IN. The zero-order valence-corrected chi connectivity index (χ0v) is 8.20. The molecule has 0 bridgehead atoms. The zero-order chi connectivity index (χ0) is 6.69. The van der Waals surface area contributed by atoms with Crippen molar-refractivity contribution in [2.45, 2.75) is 6.92 Å². The molecule has 1 aromatic rings. The van der Waals surface area contributed by atoms with E-state index in [0.717, 1.165) is 11.3 Å². The van der Waals surface area contributed by atoms with Crippen LogP contribution in [-0.4, -0.2) is 4.98 Å². The molecule has 0 aliphatic heterocycles. The molecule has 1 nitrogen and oxygen atoms in total. The van der Waals surface area contributed by atoms with E-state index in [4.69, 9.17) is 0 Å². The van der Waals surface area contributed by atoms with Gasteiger partial charge < -0.3 is 0 Å². The third-order valence-electron chi connectivity index (χ3n) is 1.16. The molecule has 0 atom stereocenters. The van der Waals surface area contributed by atoms with Crippen LogP contribution < -0.4 is 0 Å². The number of aromatic nitrogens is 1. The number of aryl methyl sites for hydroxylation is 1. The molecule has 0 radical (unpaired) electrons. The Morgan fingerprint density at radius 2 is 2.30 bits per heavy atom. The molecule has 0 amide bonds. The van der Waals surface area contributed by atoms with E-state index in [1.807, 2.05) is 25.1 Å². The van der Waals surface area contributed by atoms with Gasteiger partial charge in [-0.3, -0.25) is 4.98 Å². The molecule has 0 N–H and O–H groups in total. The predicted octanol–water partition coefficient (Wildman–Crippen LogP) is 2.65. The van der Waals surface area contributed by atoms with Crippen LogP contribution in [0.2, 0.25) is 0 Å². The lowest BCUT2D eigenvalue weighted by Crippen LogP contribution is -1.78. The van der Waals surface area contributed by atoms with Crippen LogP contribution in [0.1, 0.15) is 11.3 Å². The van der Waals surface area contributed by atoms with Crippen LogP contribution in [0.25, 0.3) is 6.08 Å². The average molecular weight is 247 g/mol. The van der Waals surface area contributed by atoms with Crippen LogP contribution in [0.15, 0.2) is 24.9 Å². The predicted molar refractivity (Wildman–Crippen MR) is 54.5 cm³/mol. The van der Waals surface area contributed by atoms with Gasteiger partial charge in [-0.1, -0.05) is 12.7 Å². The Bertz CT molecular complexity index is 220. The monoisotopic (exact) mass is 247 g/mol. The normalized spacial score (nSPS) is 8.10. The molecule has 0 aromatic carbocycles. The Morgan fingerprint density at radius 1 is 1.60 bits per heavy atom. The van der Waals surface area contributed by atoms with Crippen molar-refractivity contribution in [3.05, 3.63) is 36.2 Å². The van der Waals surface area contributed by atoms with Crippen LogP contribution in [0.4, 0.5) is 0 Å². The molecule has 0 fully saturated rings. The fourth-order valence-corrected chi connectivity index (χ4v) is 0.694. The van der Waals surface area contributed by atoms with Gasteiger partial charge in [0.2, 0.25) is 0 Å². The lowest BCUT2D eigenvalue weighted by Gasteiger charge is -1.91. The Balaban J connectivity index is 0.000000810. The van der Waals surface area contributed by atoms with Crippen LogP contribution in [0.5, 0.6) is 0 Å². The first kappa shape index (κ1) is 9.62. The lowest BCUT2D eigenvalue weighted by molar-refractivity contribution is 1.20. The molecule has 0 aliphatic carbocycles. The van der Waals surface area contributed by atoms with Crippen molar-refractivity contribution in [1.29, 1.82) is 0 Å². The summed E-state index contributed by atoms with van der Waals surface area (Å²) < 4.78 is 0. The lowest BCUT2D eigenvalue weighted by atomic mass is 10.2. The summed E-state index contributed by atoms with van der Waals surface area (Å²) in [6.45, 7) is 5.61. The molecule has 0 saturated heterocycles. The Labute approximate surface area is 78.2 Å². The Kier molecular flexibility index (Phi) is 4.27. The summed E-state index contributed by atoms with van der Waals surface area (Å²) in [6.07, 6.45) is 3.60. The largest absolute Gasteiger partial charge is 0.262 e. The molecule has 1 aromatic heterocycles. The van der Waals surface area contributed by atoms with Gasteiger partial charge in [-0.15, -0.1) is 24.0 Å². The summed E-state index contributed by atoms with van der Waals surface area (Å²) in [5.74, 6) is 0. The highest BCUT2D eigenvalue weighted by molar-refractivity contribution is 14.0. The summed E-state index contributed by atoms with van der Waals surface area (Å²) in [5.41, 5.74) is 2.16. The summed E-state index contributed by atoms with van der Waals surface area (Å²) in [5, 5.41) is 0. The van der Waals surface area contributed by atoms with E-state index in [2.05, 4.69) is 11.6 Å². The summed E-state index contributed by atoms with van der Waals surface area (Å²) >= 11 is 0. The minimum absolute atomic E-state index is 0. The first-order chi connectivity index (χ1) is 4.33. The number of pyridine rings is 1. The second kappa shape index (κ2) is 4.44. The van der Waals surface area contributed by atoms with Crippen molar-refractivity contribution in [3.63, 3.8) is 0 Å². The summed E-state index contributed by atoms with van der Waals surface area (Å²) in [4.78, 5) is 4.04. The van der Waals surface area contributed by atoms with E-state index in [0.29, 0.717) is 0 Å². The van der Waals surface area contributed by atoms with Crippen molar-refractivity contribution in [2.75, 3.05) is 0 Å². The smallest absolute Gasteiger partial charge is 0.0378 e. The second-order valence-corrected chi connectivity index (χ2v) is 1.93. The molecule has 1 rings (SSSR count). The maximum absolute atomic E-state index is 4.04. The molecule has 0 spiro atoms. The van der Waals surface area contributed by atoms with Crippen LogP contribution in [0.3, 0.4) is 0 Å². The van der Waals surface area contributed by atoms with Crippen molar-refractivity contribution in [1.82, 2.24) is 4.98 Å². The van der Waals surface area contributed by atoms with Gasteiger partial charge in [-0.05, 0) is 24.6 Å². The number of nitrogens with zero attached hydrogens (tertiary/aromatic N) is 1. The van der Waals surface area contributed by atoms with Gasteiger partial charge in [-0.25, -0.2) is 0 Å². The Hall–Kier alpha value is -0.380.